The first-order valence-electron chi connectivity index (χ1n) is 11.1. The largest absolute Gasteiger partial charge is 0.433 e. The Morgan fingerprint density at radius 2 is 1.76 bits per heavy atom. The number of piperazine rings is 1. The number of likely N-dealkylation sites (N-methyl/N-ethyl adjacent to an activating group) is 1. The summed E-state index contributed by atoms with van der Waals surface area (Å²) >= 11 is 0. The Morgan fingerprint density at radius 1 is 0.971 bits per heavy atom. The van der Waals surface area contributed by atoms with E-state index in [1.165, 1.54) is 12.1 Å². The van der Waals surface area contributed by atoms with Crippen molar-refractivity contribution in [2.24, 2.45) is 0 Å². The standard InChI is InChI=1S/C25H24F3N5O/c1-15-11-16-3-6-21(22(27)18(16)12-15)34-25-23(28)24(29-14-30-25)31-17-4-5-20(19(26)13-17)33-9-7-32(2)8-10-33/h3-6,12-14H,7-11H2,1-2H3,(H,29,30,31). The molecule has 1 N–H and O–H groups in total. The summed E-state index contributed by atoms with van der Waals surface area (Å²) in [6.45, 7) is 5.10. The minimum absolute atomic E-state index is 0.129. The second-order valence-electron chi connectivity index (χ2n) is 8.64. The van der Waals surface area contributed by atoms with Crippen LogP contribution in [0.4, 0.5) is 30.4 Å². The molecule has 1 aromatic heterocycles. The number of anilines is 3. The van der Waals surface area contributed by atoms with E-state index in [4.69, 9.17) is 4.74 Å². The van der Waals surface area contributed by atoms with Gasteiger partial charge in [0, 0.05) is 37.4 Å². The third-order valence-corrected chi connectivity index (χ3v) is 6.11. The van der Waals surface area contributed by atoms with Crippen LogP contribution in [-0.2, 0) is 6.42 Å². The van der Waals surface area contributed by atoms with Crippen LogP contribution < -0.4 is 15.0 Å². The maximum absolute atomic E-state index is 15.1. The van der Waals surface area contributed by atoms with Crippen molar-refractivity contribution in [3.05, 3.63) is 70.8 Å². The second kappa shape index (κ2) is 8.98. The van der Waals surface area contributed by atoms with Crippen LogP contribution in [0.3, 0.4) is 0 Å². The number of benzene rings is 2. The Morgan fingerprint density at radius 3 is 2.53 bits per heavy atom. The van der Waals surface area contributed by atoms with Crippen LogP contribution in [0.2, 0.25) is 0 Å². The fraction of sp³-hybridized carbons (Fsp3) is 0.280. The molecule has 2 heterocycles. The number of rotatable bonds is 5. The highest BCUT2D eigenvalue weighted by molar-refractivity contribution is 5.66. The van der Waals surface area contributed by atoms with Crippen molar-refractivity contribution >= 4 is 23.3 Å². The SMILES string of the molecule is CC1=Cc2c(ccc(Oc3ncnc(Nc4ccc(N5CCN(C)CC5)c(F)c4)c3F)c2F)C1. The second-order valence-corrected chi connectivity index (χ2v) is 8.64. The van der Waals surface area contributed by atoms with Crippen LogP contribution in [0, 0.1) is 17.5 Å². The van der Waals surface area contributed by atoms with Gasteiger partial charge in [-0.1, -0.05) is 17.7 Å². The monoisotopic (exact) mass is 467 g/mol. The van der Waals surface area contributed by atoms with Gasteiger partial charge in [0.1, 0.15) is 12.1 Å². The van der Waals surface area contributed by atoms with Crippen molar-refractivity contribution in [1.82, 2.24) is 14.9 Å². The summed E-state index contributed by atoms with van der Waals surface area (Å²) < 4.78 is 50.2. The molecule has 1 aliphatic heterocycles. The molecule has 1 saturated heterocycles. The number of allylic oxidation sites excluding steroid dienone is 1. The number of ether oxygens (including phenoxy) is 1. The van der Waals surface area contributed by atoms with Gasteiger partial charge in [0.25, 0.3) is 5.88 Å². The molecule has 1 fully saturated rings. The van der Waals surface area contributed by atoms with Gasteiger partial charge < -0.3 is 19.9 Å². The number of fused-ring (bicyclic) bond motifs is 1. The van der Waals surface area contributed by atoms with Crippen molar-refractivity contribution in [2.45, 2.75) is 13.3 Å². The van der Waals surface area contributed by atoms with Crippen molar-refractivity contribution in [1.29, 1.82) is 0 Å². The molecular formula is C25H24F3N5O. The van der Waals surface area contributed by atoms with E-state index >= 15 is 4.39 Å². The summed E-state index contributed by atoms with van der Waals surface area (Å²) in [4.78, 5) is 11.9. The number of nitrogens with zero attached hydrogens (tertiary/aromatic N) is 4. The summed E-state index contributed by atoms with van der Waals surface area (Å²) in [6.07, 6.45) is 3.53. The molecule has 2 aliphatic rings. The van der Waals surface area contributed by atoms with Gasteiger partial charge in [-0.05, 0) is 50.2 Å². The molecule has 0 unspecified atom stereocenters. The number of nitrogens with one attached hydrogen (secondary N) is 1. The maximum atomic E-state index is 15.1. The molecule has 0 spiro atoms. The first kappa shape index (κ1) is 22.2. The average Bonchev–Trinajstić information content (AvgIpc) is 3.20. The first-order valence-corrected chi connectivity index (χ1v) is 11.1. The lowest BCUT2D eigenvalue weighted by molar-refractivity contribution is 0.311. The summed E-state index contributed by atoms with van der Waals surface area (Å²) in [6, 6.07) is 7.83. The van der Waals surface area contributed by atoms with E-state index in [9.17, 15) is 8.78 Å². The summed E-state index contributed by atoms with van der Waals surface area (Å²) in [7, 11) is 2.03. The van der Waals surface area contributed by atoms with Gasteiger partial charge in [0.2, 0.25) is 5.82 Å². The molecule has 3 aromatic rings. The predicted octanol–water partition coefficient (Wildman–Crippen LogP) is 5.14. The van der Waals surface area contributed by atoms with E-state index in [2.05, 4.69) is 20.2 Å². The zero-order valence-corrected chi connectivity index (χ0v) is 18.9. The van der Waals surface area contributed by atoms with Crippen molar-refractivity contribution < 1.29 is 17.9 Å². The van der Waals surface area contributed by atoms with Crippen molar-refractivity contribution in [3.63, 3.8) is 0 Å². The molecule has 1 aliphatic carbocycles. The van der Waals surface area contributed by atoms with E-state index in [0.717, 1.165) is 43.6 Å². The lowest BCUT2D eigenvalue weighted by Gasteiger charge is -2.34. The third kappa shape index (κ3) is 4.31. The number of hydrogen-bond acceptors (Lipinski definition) is 6. The Balaban J connectivity index is 1.35. The topological polar surface area (TPSA) is 53.5 Å². The Kier molecular flexibility index (Phi) is 5.87. The van der Waals surface area contributed by atoms with Gasteiger partial charge in [-0.25, -0.2) is 13.8 Å². The fourth-order valence-electron chi connectivity index (χ4n) is 4.24. The summed E-state index contributed by atoms with van der Waals surface area (Å²) in [5, 5.41) is 2.76. The van der Waals surface area contributed by atoms with Crippen molar-refractivity contribution in [2.75, 3.05) is 43.4 Å². The molecule has 0 bridgehead atoms. The molecule has 34 heavy (non-hydrogen) atoms. The maximum Gasteiger partial charge on any atom is 0.261 e. The number of hydrogen-bond donors (Lipinski definition) is 1. The molecule has 0 amide bonds. The van der Waals surface area contributed by atoms with Crippen LogP contribution in [0.1, 0.15) is 18.1 Å². The summed E-state index contributed by atoms with van der Waals surface area (Å²) in [5.74, 6) is -2.64. The van der Waals surface area contributed by atoms with Gasteiger partial charge in [-0.15, -0.1) is 0 Å². The number of aromatic nitrogens is 2. The van der Waals surface area contributed by atoms with E-state index in [-0.39, 0.29) is 11.6 Å². The van der Waals surface area contributed by atoms with Crippen LogP contribution in [-0.4, -0.2) is 48.1 Å². The van der Waals surface area contributed by atoms with E-state index in [1.807, 2.05) is 18.9 Å². The lowest BCUT2D eigenvalue weighted by Crippen LogP contribution is -2.44. The average molecular weight is 467 g/mol. The molecule has 5 rings (SSSR count). The molecule has 9 heteroatoms. The lowest BCUT2D eigenvalue weighted by atomic mass is 10.1. The minimum Gasteiger partial charge on any atom is -0.433 e. The van der Waals surface area contributed by atoms with E-state index < -0.39 is 23.3 Å². The molecule has 6 nitrogen and oxygen atoms in total. The van der Waals surface area contributed by atoms with Gasteiger partial charge >= 0.3 is 0 Å². The van der Waals surface area contributed by atoms with Gasteiger partial charge in [-0.2, -0.15) is 9.37 Å². The zero-order valence-electron chi connectivity index (χ0n) is 18.9. The van der Waals surface area contributed by atoms with Gasteiger partial charge in [0.05, 0.1) is 5.69 Å². The summed E-state index contributed by atoms with van der Waals surface area (Å²) in [5.41, 5.74) is 3.16. The Labute approximate surface area is 195 Å². The highest BCUT2D eigenvalue weighted by atomic mass is 19.1. The predicted molar refractivity (Wildman–Crippen MR) is 125 cm³/mol. The molecule has 0 atom stereocenters. The minimum atomic E-state index is -0.905. The molecular weight excluding hydrogens is 443 g/mol. The number of halogens is 3. The quantitative estimate of drug-likeness (QED) is 0.561. The van der Waals surface area contributed by atoms with Crippen LogP contribution >= 0.6 is 0 Å². The van der Waals surface area contributed by atoms with Crippen LogP contribution in [0.15, 0.2) is 42.2 Å². The van der Waals surface area contributed by atoms with E-state index in [0.29, 0.717) is 23.4 Å². The first-order chi connectivity index (χ1) is 16.4. The molecule has 0 saturated carbocycles. The Bertz CT molecular complexity index is 1270. The van der Waals surface area contributed by atoms with Crippen LogP contribution in [0.25, 0.3) is 6.08 Å². The zero-order chi connectivity index (χ0) is 23.8. The highest BCUT2D eigenvalue weighted by Gasteiger charge is 2.22. The normalized spacial score (nSPS) is 15.8. The van der Waals surface area contributed by atoms with Gasteiger partial charge in [0.15, 0.2) is 17.4 Å². The molecule has 176 valence electrons. The molecule has 0 radical (unpaired) electrons. The Hall–Kier alpha value is -3.59. The van der Waals surface area contributed by atoms with Crippen molar-refractivity contribution in [3.8, 4) is 11.6 Å². The fourth-order valence-corrected chi connectivity index (χ4v) is 4.24. The van der Waals surface area contributed by atoms with E-state index in [1.54, 1.807) is 24.3 Å². The smallest absolute Gasteiger partial charge is 0.261 e. The van der Waals surface area contributed by atoms with Gasteiger partial charge in [-0.3, -0.25) is 0 Å². The highest BCUT2D eigenvalue weighted by Crippen LogP contribution is 2.35. The molecule has 2 aromatic carbocycles. The van der Waals surface area contributed by atoms with Crippen LogP contribution in [0.5, 0.6) is 11.6 Å². The third-order valence-electron chi connectivity index (χ3n) is 6.11.